The number of hydrogen-bond donors (Lipinski definition) is 2. The Kier molecular flexibility index (Phi) is 6.83. The van der Waals surface area contributed by atoms with Crippen molar-refractivity contribution in [2.45, 2.75) is 44.1 Å². The van der Waals surface area contributed by atoms with E-state index >= 15 is 0 Å². The number of nitrogens with one attached hydrogen (secondary N) is 1. The van der Waals surface area contributed by atoms with Gasteiger partial charge < -0.3 is 24.6 Å². The predicted molar refractivity (Wildman–Crippen MR) is 106 cm³/mol. The Labute approximate surface area is 165 Å². The fraction of sp³-hybridized carbons (Fsp3) is 0.429. The van der Waals surface area contributed by atoms with Crippen molar-refractivity contribution in [3.05, 3.63) is 53.1 Å². The lowest BCUT2D eigenvalue weighted by Gasteiger charge is -2.35. The first-order valence-electron chi connectivity index (χ1n) is 9.15. The summed E-state index contributed by atoms with van der Waals surface area (Å²) in [5.41, 5.74) is 1.02. The van der Waals surface area contributed by atoms with Gasteiger partial charge in [-0.2, -0.15) is 0 Å². The van der Waals surface area contributed by atoms with Gasteiger partial charge in [0.15, 0.2) is 0 Å². The standard InChI is InChI=1S/C21H26ClNO4/c1-25-16-10-9-14(20(12-16)26-2)13-23-18-7-4-8-19(21(18)24)27-17-6-3-5-15(22)11-17/h3,5-6,9-12,18-19,21,23-24H,4,7-8,13H2,1-2H3/t18-,19+,21+/m0/s1. The molecule has 0 aliphatic heterocycles. The molecule has 0 bridgehead atoms. The molecule has 1 fully saturated rings. The summed E-state index contributed by atoms with van der Waals surface area (Å²) >= 11 is 6.02. The number of benzene rings is 2. The van der Waals surface area contributed by atoms with Gasteiger partial charge in [-0.25, -0.2) is 0 Å². The summed E-state index contributed by atoms with van der Waals surface area (Å²) in [5.74, 6) is 2.20. The number of ether oxygens (including phenoxy) is 3. The molecule has 0 heterocycles. The highest BCUT2D eigenvalue weighted by Crippen LogP contribution is 2.28. The van der Waals surface area contributed by atoms with Crippen molar-refractivity contribution in [3.63, 3.8) is 0 Å². The van der Waals surface area contributed by atoms with Crippen molar-refractivity contribution in [1.82, 2.24) is 5.32 Å². The second-order valence-electron chi connectivity index (χ2n) is 6.70. The van der Waals surface area contributed by atoms with E-state index in [4.69, 9.17) is 25.8 Å². The van der Waals surface area contributed by atoms with E-state index in [9.17, 15) is 5.11 Å². The van der Waals surface area contributed by atoms with Crippen molar-refractivity contribution in [1.29, 1.82) is 0 Å². The van der Waals surface area contributed by atoms with Gasteiger partial charge in [0.25, 0.3) is 0 Å². The molecule has 2 aromatic carbocycles. The third-order valence-electron chi connectivity index (χ3n) is 4.93. The summed E-state index contributed by atoms with van der Waals surface area (Å²) in [7, 11) is 3.27. The number of halogens is 1. The molecule has 5 nitrogen and oxygen atoms in total. The van der Waals surface area contributed by atoms with Crippen LogP contribution in [0.1, 0.15) is 24.8 Å². The maximum atomic E-state index is 10.8. The molecule has 3 rings (SSSR count). The smallest absolute Gasteiger partial charge is 0.127 e. The minimum Gasteiger partial charge on any atom is -0.497 e. The van der Waals surface area contributed by atoms with E-state index in [0.29, 0.717) is 17.3 Å². The lowest BCUT2D eigenvalue weighted by atomic mass is 9.89. The number of methoxy groups -OCH3 is 2. The molecule has 0 saturated heterocycles. The molecule has 2 aromatic rings. The van der Waals surface area contributed by atoms with Gasteiger partial charge in [0.2, 0.25) is 0 Å². The van der Waals surface area contributed by atoms with Gasteiger partial charge in [0, 0.05) is 29.2 Å². The van der Waals surface area contributed by atoms with E-state index in [1.54, 1.807) is 26.4 Å². The maximum absolute atomic E-state index is 10.8. The Morgan fingerprint density at radius 2 is 1.93 bits per heavy atom. The predicted octanol–water partition coefficient (Wildman–Crippen LogP) is 3.81. The van der Waals surface area contributed by atoms with Gasteiger partial charge in [-0.15, -0.1) is 0 Å². The summed E-state index contributed by atoms with van der Waals surface area (Å²) in [4.78, 5) is 0. The van der Waals surface area contributed by atoms with E-state index < -0.39 is 6.10 Å². The van der Waals surface area contributed by atoms with Crippen LogP contribution >= 0.6 is 11.6 Å². The first-order chi connectivity index (χ1) is 13.1. The van der Waals surface area contributed by atoms with E-state index in [-0.39, 0.29) is 12.1 Å². The minimum absolute atomic E-state index is 0.0465. The third-order valence-corrected chi connectivity index (χ3v) is 5.16. The number of rotatable bonds is 7. The summed E-state index contributed by atoms with van der Waals surface area (Å²) in [6.45, 7) is 0.596. The molecule has 0 radical (unpaired) electrons. The van der Waals surface area contributed by atoms with Crippen LogP contribution in [0.5, 0.6) is 17.2 Å². The van der Waals surface area contributed by atoms with E-state index in [1.165, 1.54) is 0 Å². The van der Waals surface area contributed by atoms with Crippen molar-refractivity contribution in [3.8, 4) is 17.2 Å². The fourth-order valence-electron chi connectivity index (χ4n) is 3.45. The summed E-state index contributed by atoms with van der Waals surface area (Å²) in [6.07, 6.45) is 1.85. The topological polar surface area (TPSA) is 60.0 Å². The highest BCUT2D eigenvalue weighted by atomic mass is 35.5. The van der Waals surface area contributed by atoms with E-state index in [0.717, 1.165) is 36.3 Å². The van der Waals surface area contributed by atoms with Crippen LogP contribution in [0.3, 0.4) is 0 Å². The number of aliphatic hydroxyl groups is 1. The summed E-state index contributed by atoms with van der Waals surface area (Å²) < 4.78 is 16.7. The zero-order valence-corrected chi connectivity index (χ0v) is 16.4. The van der Waals surface area contributed by atoms with Gasteiger partial charge in [-0.05, 0) is 43.5 Å². The molecule has 0 aromatic heterocycles. The second kappa shape index (κ2) is 9.31. The summed E-state index contributed by atoms with van der Waals surface area (Å²) in [5, 5.41) is 14.8. The molecule has 0 amide bonds. The van der Waals surface area contributed by atoms with Gasteiger partial charge in [0.05, 0.1) is 14.2 Å². The molecule has 2 N–H and O–H groups in total. The van der Waals surface area contributed by atoms with Crippen LogP contribution in [0, 0.1) is 0 Å². The Morgan fingerprint density at radius 3 is 2.67 bits per heavy atom. The van der Waals surface area contributed by atoms with Crippen molar-refractivity contribution < 1.29 is 19.3 Å². The van der Waals surface area contributed by atoms with Gasteiger partial charge >= 0.3 is 0 Å². The average Bonchev–Trinajstić information content (AvgIpc) is 2.68. The van der Waals surface area contributed by atoms with Gasteiger partial charge in [-0.1, -0.05) is 23.7 Å². The highest BCUT2D eigenvalue weighted by molar-refractivity contribution is 6.30. The molecule has 3 atom stereocenters. The average molecular weight is 392 g/mol. The minimum atomic E-state index is -0.595. The quantitative estimate of drug-likeness (QED) is 0.751. The van der Waals surface area contributed by atoms with Crippen LogP contribution in [-0.2, 0) is 6.54 Å². The second-order valence-corrected chi connectivity index (χ2v) is 7.14. The van der Waals surface area contributed by atoms with Crippen LogP contribution in [0.15, 0.2) is 42.5 Å². The number of hydrogen-bond acceptors (Lipinski definition) is 5. The van der Waals surface area contributed by atoms with Crippen LogP contribution in [-0.4, -0.2) is 37.6 Å². The maximum Gasteiger partial charge on any atom is 0.127 e. The van der Waals surface area contributed by atoms with Crippen LogP contribution in [0.4, 0.5) is 0 Å². The van der Waals surface area contributed by atoms with Crippen LogP contribution < -0.4 is 19.5 Å². The molecule has 0 unspecified atom stereocenters. The molecule has 0 spiro atoms. The monoisotopic (exact) mass is 391 g/mol. The van der Waals surface area contributed by atoms with Crippen LogP contribution in [0.2, 0.25) is 5.02 Å². The normalized spacial score (nSPS) is 22.3. The van der Waals surface area contributed by atoms with Gasteiger partial charge in [-0.3, -0.25) is 0 Å². The highest BCUT2D eigenvalue weighted by Gasteiger charge is 2.33. The zero-order valence-electron chi connectivity index (χ0n) is 15.7. The van der Waals surface area contributed by atoms with Crippen LogP contribution in [0.25, 0.3) is 0 Å². The lowest BCUT2D eigenvalue weighted by Crippen LogP contribution is -2.50. The Morgan fingerprint density at radius 1 is 1.07 bits per heavy atom. The fourth-order valence-corrected chi connectivity index (χ4v) is 3.63. The van der Waals surface area contributed by atoms with Gasteiger partial charge in [0.1, 0.15) is 29.5 Å². The Bertz CT molecular complexity index is 755. The Balaban J connectivity index is 1.62. The first-order valence-corrected chi connectivity index (χ1v) is 9.53. The third kappa shape index (κ3) is 5.06. The molecule has 27 heavy (non-hydrogen) atoms. The molecular formula is C21H26ClNO4. The van der Waals surface area contributed by atoms with E-state index in [2.05, 4.69) is 5.32 Å². The van der Waals surface area contributed by atoms with E-state index in [1.807, 2.05) is 30.3 Å². The molecular weight excluding hydrogens is 366 g/mol. The SMILES string of the molecule is COc1ccc(CN[C@H]2CCC[C@@H](Oc3cccc(Cl)c3)[C@@H]2O)c(OC)c1. The largest absolute Gasteiger partial charge is 0.497 e. The lowest BCUT2D eigenvalue weighted by molar-refractivity contribution is -0.0157. The Hall–Kier alpha value is -1.95. The molecule has 1 saturated carbocycles. The first kappa shape index (κ1) is 19.8. The van der Waals surface area contributed by atoms with Crippen molar-refractivity contribution in [2.75, 3.05) is 14.2 Å². The number of aliphatic hydroxyl groups excluding tert-OH is 1. The van der Waals surface area contributed by atoms with Crippen molar-refractivity contribution in [2.24, 2.45) is 0 Å². The molecule has 146 valence electrons. The molecule has 6 heteroatoms. The zero-order chi connectivity index (χ0) is 19.2. The molecule has 1 aliphatic rings. The summed E-state index contributed by atoms with van der Waals surface area (Å²) in [6, 6.07) is 13.0. The van der Waals surface area contributed by atoms with Crippen molar-refractivity contribution >= 4 is 11.6 Å². The molecule has 1 aliphatic carbocycles.